The summed E-state index contributed by atoms with van der Waals surface area (Å²) in [5.74, 6) is 1.74. The molecule has 2 heterocycles. The summed E-state index contributed by atoms with van der Waals surface area (Å²) in [6.45, 7) is 4.05. The molecule has 1 aromatic carbocycles. The molecule has 0 bridgehead atoms. The maximum atomic E-state index is 6.24. The van der Waals surface area contributed by atoms with E-state index in [0.29, 0.717) is 24.1 Å². The molecule has 2 aromatic rings. The molecule has 2 aliphatic rings. The van der Waals surface area contributed by atoms with Crippen molar-refractivity contribution in [2.45, 2.75) is 63.1 Å². The van der Waals surface area contributed by atoms with E-state index in [-0.39, 0.29) is 0 Å². The number of benzene rings is 1. The van der Waals surface area contributed by atoms with Crippen LogP contribution in [0.3, 0.4) is 0 Å². The fraction of sp³-hybridized carbons (Fsp3) is 0.609. The van der Waals surface area contributed by atoms with Gasteiger partial charge in [-0.25, -0.2) is 4.98 Å². The molecule has 1 saturated carbocycles. The van der Waals surface area contributed by atoms with Crippen LogP contribution in [-0.2, 0) is 11.2 Å². The van der Waals surface area contributed by atoms with Gasteiger partial charge in [-0.2, -0.15) is 11.8 Å². The Kier molecular flexibility index (Phi) is 7.57. The highest BCUT2D eigenvalue weighted by molar-refractivity contribution is 7.98. The molecule has 2 unspecified atom stereocenters. The number of aromatic nitrogens is 1. The van der Waals surface area contributed by atoms with E-state index in [9.17, 15) is 0 Å². The maximum Gasteiger partial charge on any atom is 0.0958 e. The van der Waals surface area contributed by atoms with Crippen molar-refractivity contribution in [2.75, 3.05) is 25.2 Å². The molecule has 3 nitrogen and oxygen atoms in total. The van der Waals surface area contributed by atoms with Crippen LogP contribution in [0, 0.1) is 6.92 Å². The average Bonchev–Trinajstić information content (AvgIpc) is 3.17. The van der Waals surface area contributed by atoms with Gasteiger partial charge < -0.3 is 4.74 Å². The van der Waals surface area contributed by atoms with E-state index in [4.69, 9.17) is 16.3 Å². The number of thioether (sulfide) groups is 1. The lowest BCUT2D eigenvalue weighted by Crippen LogP contribution is -2.56. The minimum absolute atomic E-state index is 0.353. The number of rotatable bonds is 6. The summed E-state index contributed by atoms with van der Waals surface area (Å²) in [6, 6.07) is 9.45. The Bertz CT molecular complexity index is 773. The molecule has 1 aliphatic heterocycles. The second-order valence-electron chi connectivity index (χ2n) is 8.41. The molecule has 1 aliphatic carbocycles. The van der Waals surface area contributed by atoms with Crippen LogP contribution in [0.15, 0.2) is 30.5 Å². The number of thiazole rings is 1. The summed E-state index contributed by atoms with van der Waals surface area (Å²) in [5.41, 5.74) is 1.35. The molecule has 1 saturated heterocycles. The highest BCUT2D eigenvalue weighted by atomic mass is 35.5. The van der Waals surface area contributed by atoms with Crippen molar-refractivity contribution in [3.8, 4) is 0 Å². The van der Waals surface area contributed by atoms with Gasteiger partial charge in [0.2, 0.25) is 0 Å². The summed E-state index contributed by atoms with van der Waals surface area (Å²) in [7, 11) is 0. The molecule has 0 spiro atoms. The Labute approximate surface area is 188 Å². The van der Waals surface area contributed by atoms with E-state index in [0.717, 1.165) is 30.3 Å². The third-order valence-corrected chi connectivity index (χ3v) is 8.33. The molecule has 158 valence electrons. The molecule has 2 atom stereocenters. The summed E-state index contributed by atoms with van der Waals surface area (Å²) in [4.78, 5) is 8.77. The molecule has 0 amide bonds. The summed E-state index contributed by atoms with van der Waals surface area (Å²) < 4.78 is 6.24. The van der Waals surface area contributed by atoms with Gasteiger partial charge in [0.25, 0.3) is 0 Å². The van der Waals surface area contributed by atoms with E-state index < -0.39 is 0 Å². The van der Waals surface area contributed by atoms with Crippen LogP contribution >= 0.6 is 34.7 Å². The number of nitrogens with zero attached hydrogens (tertiary/aromatic N) is 2. The van der Waals surface area contributed by atoms with Gasteiger partial charge in [-0.15, -0.1) is 11.3 Å². The molecule has 1 aromatic heterocycles. The van der Waals surface area contributed by atoms with Gasteiger partial charge in [0.1, 0.15) is 0 Å². The molecule has 4 rings (SSSR count). The van der Waals surface area contributed by atoms with Crippen molar-refractivity contribution in [2.24, 2.45) is 0 Å². The van der Waals surface area contributed by atoms with Crippen LogP contribution in [-0.4, -0.2) is 53.2 Å². The first-order valence-electron chi connectivity index (χ1n) is 10.7. The number of aryl methyl sites for hydroxylation is 1. The fourth-order valence-corrected chi connectivity index (χ4v) is 6.44. The van der Waals surface area contributed by atoms with E-state index in [2.05, 4.69) is 35.2 Å². The summed E-state index contributed by atoms with van der Waals surface area (Å²) in [5, 5.41) is 2.15. The SMILES string of the molecule is CSCC1CN(C2CCC(c3ncc(C)s3)CC2)C(Cc2ccc(Cl)cc2)CO1. The molecular weight excluding hydrogens is 420 g/mol. The van der Waals surface area contributed by atoms with Gasteiger partial charge in [0.05, 0.1) is 17.7 Å². The number of hydrogen-bond acceptors (Lipinski definition) is 5. The Morgan fingerprint density at radius 3 is 2.62 bits per heavy atom. The van der Waals surface area contributed by atoms with Crippen molar-refractivity contribution in [3.05, 3.63) is 50.9 Å². The lowest BCUT2D eigenvalue weighted by Gasteiger charge is -2.46. The average molecular weight is 451 g/mol. The summed E-state index contributed by atoms with van der Waals surface area (Å²) >= 11 is 9.86. The zero-order chi connectivity index (χ0) is 20.2. The third-order valence-electron chi connectivity index (χ3n) is 6.30. The van der Waals surface area contributed by atoms with E-state index in [1.54, 1.807) is 0 Å². The first-order valence-corrected chi connectivity index (χ1v) is 13.2. The minimum Gasteiger partial charge on any atom is -0.374 e. The van der Waals surface area contributed by atoms with Crippen molar-refractivity contribution in [3.63, 3.8) is 0 Å². The van der Waals surface area contributed by atoms with Crippen LogP contribution < -0.4 is 0 Å². The predicted molar refractivity (Wildman–Crippen MR) is 126 cm³/mol. The Morgan fingerprint density at radius 1 is 1.21 bits per heavy atom. The van der Waals surface area contributed by atoms with Gasteiger partial charge >= 0.3 is 0 Å². The van der Waals surface area contributed by atoms with Crippen LogP contribution in [0.25, 0.3) is 0 Å². The third kappa shape index (κ3) is 5.56. The fourth-order valence-electron chi connectivity index (χ4n) is 4.80. The summed E-state index contributed by atoms with van der Waals surface area (Å²) in [6.07, 6.45) is 10.7. The van der Waals surface area contributed by atoms with Crippen molar-refractivity contribution < 1.29 is 4.74 Å². The Balaban J connectivity index is 1.42. The lowest BCUT2D eigenvalue weighted by molar-refractivity contribution is -0.0750. The predicted octanol–water partition coefficient (Wildman–Crippen LogP) is 5.81. The van der Waals surface area contributed by atoms with Crippen LogP contribution in [0.2, 0.25) is 5.02 Å². The second-order valence-corrected chi connectivity index (χ2v) is 11.0. The van der Waals surface area contributed by atoms with Gasteiger partial charge in [0.15, 0.2) is 0 Å². The maximum absolute atomic E-state index is 6.24. The van der Waals surface area contributed by atoms with Gasteiger partial charge in [0, 0.05) is 46.4 Å². The Morgan fingerprint density at radius 2 is 1.97 bits per heavy atom. The first kappa shape index (κ1) is 21.6. The quantitative estimate of drug-likeness (QED) is 0.554. The second kappa shape index (κ2) is 10.1. The molecule has 29 heavy (non-hydrogen) atoms. The Hall–Kier alpha value is -0.590. The van der Waals surface area contributed by atoms with Crippen LogP contribution in [0.5, 0.6) is 0 Å². The zero-order valence-electron chi connectivity index (χ0n) is 17.4. The molecule has 0 radical (unpaired) electrons. The monoisotopic (exact) mass is 450 g/mol. The van der Waals surface area contributed by atoms with Crippen LogP contribution in [0.1, 0.15) is 47.0 Å². The molecule has 0 N–H and O–H groups in total. The largest absolute Gasteiger partial charge is 0.374 e. The zero-order valence-corrected chi connectivity index (χ0v) is 19.7. The molecule has 2 fully saturated rings. The van der Waals surface area contributed by atoms with E-state index in [1.165, 1.54) is 41.1 Å². The smallest absolute Gasteiger partial charge is 0.0958 e. The van der Waals surface area contributed by atoms with Crippen molar-refractivity contribution >= 4 is 34.7 Å². The van der Waals surface area contributed by atoms with Crippen molar-refractivity contribution in [1.29, 1.82) is 0 Å². The van der Waals surface area contributed by atoms with Gasteiger partial charge in [-0.3, -0.25) is 4.90 Å². The number of hydrogen-bond donors (Lipinski definition) is 0. The number of morpholine rings is 1. The normalized spacial score (nSPS) is 28.5. The van der Waals surface area contributed by atoms with Gasteiger partial charge in [-0.05, 0) is 63.0 Å². The van der Waals surface area contributed by atoms with Crippen LogP contribution in [0.4, 0.5) is 0 Å². The standard InChI is InChI=1S/C23H31ClN2OS2/c1-16-12-25-23(29-16)18-5-9-20(10-6-18)26-13-22(15-28-2)27-14-21(26)11-17-3-7-19(24)8-4-17/h3-4,7-8,12,18,20-22H,5-6,9-11,13-15H2,1-2H3. The van der Waals surface area contributed by atoms with Gasteiger partial charge in [-0.1, -0.05) is 23.7 Å². The van der Waals surface area contributed by atoms with E-state index >= 15 is 0 Å². The molecule has 6 heteroatoms. The highest BCUT2D eigenvalue weighted by Crippen LogP contribution is 2.38. The van der Waals surface area contributed by atoms with Crippen molar-refractivity contribution in [1.82, 2.24) is 9.88 Å². The highest BCUT2D eigenvalue weighted by Gasteiger charge is 2.36. The number of halogens is 1. The lowest BCUT2D eigenvalue weighted by atomic mass is 9.84. The number of ether oxygens (including phenoxy) is 1. The molecular formula is C23H31ClN2OS2. The minimum atomic E-state index is 0.353. The van der Waals surface area contributed by atoms with E-state index in [1.807, 2.05) is 41.4 Å². The first-order chi connectivity index (χ1) is 14.1. The topological polar surface area (TPSA) is 25.4 Å².